The van der Waals surface area contributed by atoms with Gasteiger partial charge in [0.05, 0.1) is 12.3 Å². The number of nitrogens with zero attached hydrogens (tertiary/aromatic N) is 2. The minimum absolute atomic E-state index is 0.196. The molecule has 2 rings (SSSR count). The Morgan fingerprint density at radius 1 is 1.62 bits per heavy atom. The summed E-state index contributed by atoms with van der Waals surface area (Å²) in [5.41, 5.74) is 0.787. The van der Waals surface area contributed by atoms with Gasteiger partial charge < -0.3 is 10.1 Å². The van der Waals surface area contributed by atoms with Crippen LogP contribution in [-0.4, -0.2) is 34.8 Å². The van der Waals surface area contributed by atoms with Crippen LogP contribution in [0.4, 0.5) is 0 Å². The first kappa shape index (κ1) is 8.53. The second-order valence-corrected chi connectivity index (χ2v) is 3.78. The summed E-state index contributed by atoms with van der Waals surface area (Å²) < 4.78 is 0. The second kappa shape index (κ2) is 3.36. The lowest BCUT2D eigenvalue weighted by atomic mass is 10.2. The molecule has 2 aliphatic rings. The van der Waals surface area contributed by atoms with Gasteiger partial charge in [-0.15, -0.1) is 0 Å². The smallest absolute Gasteiger partial charge is 0.222 e. The zero-order valence-electron chi connectivity index (χ0n) is 7.57. The zero-order valence-corrected chi connectivity index (χ0v) is 7.57. The number of carbonyl (C=O) groups excluding carboxylic acids is 1. The van der Waals surface area contributed by atoms with Crippen LogP contribution in [0.15, 0.2) is 5.16 Å². The Kier molecular flexibility index (Phi) is 2.20. The van der Waals surface area contributed by atoms with Gasteiger partial charge in [-0.25, -0.2) is 0 Å². The fraction of sp³-hybridized carbons (Fsp3) is 0.778. The van der Waals surface area contributed by atoms with E-state index < -0.39 is 0 Å². The first-order chi connectivity index (χ1) is 6.31. The molecule has 0 unspecified atom stereocenters. The van der Waals surface area contributed by atoms with Crippen LogP contribution in [0.2, 0.25) is 0 Å². The Balaban J connectivity index is 1.91. The second-order valence-electron chi connectivity index (χ2n) is 3.78. The Hall–Kier alpha value is -1.06. The molecule has 0 spiro atoms. The quantitative estimate of drug-likeness (QED) is 0.399. The van der Waals surface area contributed by atoms with Crippen LogP contribution in [0, 0.1) is 5.92 Å². The van der Waals surface area contributed by atoms with Crippen molar-refractivity contribution in [3.8, 4) is 0 Å². The number of carbonyl (C=O) groups is 1. The third-order valence-electron chi connectivity index (χ3n) is 2.70. The summed E-state index contributed by atoms with van der Waals surface area (Å²) in [5.74, 6) is 0.639. The Morgan fingerprint density at radius 3 is 2.85 bits per heavy atom. The van der Waals surface area contributed by atoms with Crippen LogP contribution in [0.25, 0.3) is 0 Å². The molecule has 4 nitrogen and oxygen atoms in total. The monoisotopic (exact) mass is 182 g/mol. The Morgan fingerprint density at radius 2 is 2.38 bits per heavy atom. The third-order valence-corrected chi connectivity index (χ3v) is 2.70. The molecule has 1 heterocycles. The summed E-state index contributed by atoms with van der Waals surface area (Å²) in [6.45, 7) is 1.37. The lowest BCUT2D eigenvalue weighted by Crippen LogP contribution is -2.31. The minimum Gasteiger partial charge on any atom is -0.411 e. The van der Waals surface area contributed by atoms with Gasteiger partial charge in [0.15, 0.2) is 0 Å². The summed E-state index contributed by atoms with van der Waals surface area (Å²) in [5, 5.41) is 12.0. The van der Waals surface area contributed by atoms with Crippen LogP contribution < -0.4 is 0 Å². The standard InChI is InChI=1S/C9H14N2O2/c12-9-2-1-5-11(9)6-8(10-13)7-3-4-7/h7,13H,1-6H2/b10-8-. The number of likely N-dealkylation sites (tertiary alicyclic amines) is 1. The van der Waals surface area contributed by atoms with Crippen molar-refractivity contribution >= 4 is 11.6 Å². The molecule has 0 aromatic heterocycles. The number of amides is 1. The lowest BCUT2D eigenvalue weighted by molar-refractivity contribution is -0.127. The van der Waals surface area contributed by atoms with Crippen LogP contribution in [0.3, 0.4) is 0 Å². The average Bonchev–Trinajstić information content (AvgIpc) is 2.88. The van der Waals surface area contributed by atoms with Gasteiger partial charge in [-0.3, -0.25) is 4.79 Å². The highest BCUT2D eigenvalue weighted by molar-refractivity contribution is 5.93. The number of rotatable bonds is 3. The van der Waals surface area contributed by atoms with Crippen LogP contribution in [0.1, 0.15) is 25.7 Å². The van der Waals surface area contributed by atoms with Gasteiger partial charge in [-0.2, -0.15) is 0 Å². The van der Waals surface area contributed by atoms with Gasteiger partial charge in [0.25, 0.3) is 0 Å². The van der Waals surface area contributed by atoms with E-state index in [-0.39, 0.29) is 5.91 Å². The molecule has 72 valence electrons. The van der Waals surface area contributed by atoms with E-state index in [0.29, 0.717) is 18.9 Å². The summed E-state index contributed by atoms with van der Waals surface area (Å²) >= 11 is 0. The van der Waals surface area contributed by atoms with Gasteiger partial charge in [0.1, 0.15) is 0 Å². The van der Waals surface area contributed by atoms with Gasteiger partial charge in [-0.1, -0.05) is 5.16 Å². The van der Waals surface area contributed by atoms with Crippen LogP contribution in [-0.2, 0) is 4.79 Å². The number of oxime groups is 1. The van der Waals surface area contributed by atoms with Crippen LogP contribution in [0.5, 0.6) is 0 Å². The van der Waals surface area contributed by atoms with Crippen molar-refractivity contribution in [2.24, 2.45) is 11.1 Å². The van der Waals surface area contributed by atoms with Crippen LogP contribution >= 0.6 is 0 Å². The topological polar surface area (TPSA) is 52.9 Å². The molecule has 1 saturated heterocycles. The fourth-order valence-electron chi connectivity index (χ4n) is 1.73. The summed E-state index contributed by atoms with van der Waals surface area (Å²) in [6, 6.07) is 0. The fourth-order valence-corrected chi connectivity index (χ4v) is 1.73. The van der Waals surface area contributed by atoms with E-state index in [2.05, 4.69) is 5.16 Å². The summed E-state index contributed by atoms with van der Waals surface area (Å²) in [6.07, 6.45) is 3.83. The first-order valence-electron chi connectivity index (χ1n) is 4.80. The first-order valence-corrected chi connectivity index (χ1v) is 4.80. The number of hydrogen-bond acceptors (Lipinski definition) is 3. The van der Waals surface area contributed by atoms with Crippen molar-refractivity contribution in [2.45, 2.75) is 25.7 Å². The van der Waals surface area contributed by atoms with Crippen molar-refractivity contribution in [2.75, 3.05) is 13.1 Å². The van der Waals surface area contributed by atoms with Gasteiger partial charge in [0.2, 0.25) is 5.91 Å². The Bertz CT molecular complexity index is 246. The predicted octanol–water partition coefficient (Wildman–Crippen LogP) is 0.849. The molecule has 1 N–H and O–H groups in total. The van der Waals surface area contributed by atoms with E-state index in [9.17, 15) is 4.79 Å². The molecular formula is C9H14N2O2. The van der Waals surface area contributed by atoms with Crippen molar-refractivity contribution in [1.29, 1.82) is 0 Å². The molecule has 13 heavy (non-hydrogen) atoms. The molecule has 0 bridgehead atoms. The van der Waals surface area contributed by atoms with Crippen molar-refractivity contribution in [3.05, 3.63) is 0 Å². The van der Waals surface area contributed by atoms with E-state index in [4.69, 9.17) is 5.21 Å². The molecule has 0 aromatic carbocycles. The molecule has 0 atom stereocenters. The van der Waals surface area contributed by atoms with E-state index in [0.717, 1.165) is 31.5 Å². The molecule has 1 saturated carbocycles. The molecule has 4 heteroatoms. The number of hydrogen-bond donors (Lipinski definition) is 1. The summed E-state index contributed by atoms with van der Waals surface area (Å²) in [7, 11) is 0. The van der Waals surface area contributed by atoms with Gasteiger partial charge in [-0.05, 0) is 19.3 Å². The van der Waals surface area contributed by atoms with Crippen molar-refractivity contribution in [1.82, 2.24) is 4.90 Å². The predicted molar refractivity (Wildman–Crippen MR) is 47.8 cm³/mol. The van der Waals surface area contributed by atoms with Crippen molar-refractivity contribution < 1.29 is 10.0 Å². The van der Waals surface area contributed by atoms with E-state index in [1.807, 2.05) is 0 Å². The highest BCUT2D eigenvalue weighted by Gasteiger charge is 2.31. The molecule has 1 aliphatic carbocycles. The van der Waals surface area contributed by atoms with E-state index in [1.54, 1.807) is 4.90 Å². The molecule has 1 amide bonds. The van der Waals surface area contributed by atoms with E-state index in [1.165, 1.54) is 0 Å². The van der Waals surface area contributed by atoms with Gasteiger partial charge in [0, 0.05) is 18.9 Å². The maximum atomic E-state index is 11.3. The molecular weight excluding hydrogens is 168 g/mol. The maximum absolute atomic E-state index is 11.3. The largest absolute Gasteiger partial charge is 0.411 e. The maximum Gasteiger partial charge on any atom is 0.222 e. The SMILES string of the molecule is O=C1CCCN1C/C(=N/O)C1CC1. The normalized spacial score (nSPS) is 24.2. The molecule has 0 aromatic rings. The highest BCUT2D eigenvalue weighted by atomic mass is 16.4. The van der Waals surface area contributed by atoms with Gasteiger partial charge >= 0.3 is 0 Å². The third kappa shape index (κ3) is 1.82. The molecule has 2 fully saturated rings. The zero-order chi connectivity index (χ0) is 9.26. The molecule has 0 radical (unpaired) electrons. The lowest BCUT2D eigenvalue weighted by Gasteiger charge is -2.15. The average molecular weight is 182 g/mol. The Labute approximate surface area is 77.2 Å². The minimum atomic E-state index is 0.196. The molecule has 1 aliphatic heterocycles. The summed E-state index contributed by atoms with van der Waals surface area (Å²) in [4.78, 5) is 13.0. The van der Waals surface area contributed by atoms with Crippen molar-refractivity contribution in [3.63, 3.8) is 0 Å². The van der Waals surface area contributed by atoms with E-state index >= 15 is 0 Å². The highest BCUT2D eigenvalue weighted by Crippen LogP contribution is 2.31.